The van der Waals surface area contributed by atoms with E-state index in [9.17, 15) is 0 Å². The summed E-state index contributed by atoms with van der Waals surface area (Å²) in [4.78, 5) is 0. The SMILES string of the molecule is CC(C)CC(C)NC(C)CC(C)(C)C. The molecular weight excluding hydrogens is 170 g/mol. The van der Waals surface area contributed by atoms with Crippen molar-refractivity contribution in [3.05, 3.63) is 0 Å². The van der Waals surface area contributed by atoms with Gasteiger partial charge in [0.15, 0.2) is 0 Å². The molecule has 1 N–H and O–H groups in total. The Bertz CT molecular complexity index is 144. The zero-order valence-corrected chi connectivity index (χ0v) is 11.1. The number of hydrogen-bond donors (Lipinski definition) is 1. The molecule has 0 fully saturated rings. The van der Waals surface area contributed by atoms with Gasteiger partial charge < -0.3 is 5.32 Å². The van der Waals surface area contributed by atoms with Gasteiger partial charge in [0.25, 0.3) is 0 Å². The van der Waals surface area contributed by atoms with Crippen LogP contribution in [0.3, 0.4) is 0 Å². The second-order valence-electron chi connectivity index (χ2n) is 6.36. The molecule has 1 heteroatoms. The van der Waals surface area contributed by atoms with Gasteiger partial charge >= 0.3 is 0 Å². The molecule has 0 heterocycles. The van der Waals surface area contributed by atoms with E-state index in [0.29, 0.717) is 17.5 Å². The maximum Gasteiger partial charge on any atom is 0.00461 e. The van der Waals surface area contributed by atoms with Gasteiger partial charge in [0.2, 0.25) is 0 Å². The van der Waals surface area contributed by atoms with Crippen molar-refractivity contribution in [2.45, 2.75) is 73.4 Å². The van der Waals surface area contributed by atoms with Gasteiger partial charge in [-0.3, -0.25) is 0 Å². The fourth-order valence-corrected chi connectivity index (χ4v) is 2.24. The van der Waals surface area contributed by atoms with E-state index in [-0.39, 0.29) is 0 Å². The van der Waals surface area contributed by atoms with E-state index in [1.807, 2.05) is 0 Å². The Morgan fingerprint density at radius 1 is 0.929 bits per heavy atom. The molecule has 0 aliphatic rings. The smallest absolute Gasteiger partial charge is 0.00461 e. The first-order valence-electron chi connectivity index (χ1n) is 5.97. The lowest BCUT2D eigenvalue weighted by atomic mass is 9.88. The molecule has 0 aromatic carbocycles. The predicted octanol–water partition coefficient (Wildman–Crippen LogP) is 3.84. The standard InChI is InChI=1S/C13H29N/c1-10(2)8-11(3)14-12(4)9-13(5,6)7/h10-12,14H,8-9H2,1-7H3. The van der Waals surface area contributed by atoms with Crippen LogP contribution in [0.15, 0.2) is 0 Å². The molecule has 86 valence electrons. The summed E-state index contributed by atoms with van der Waals surface area (Å²) in [5, 5.41) is 3.67. The zero-order chi connectivity index (χ0) is 11.4. The van der Waals surface area contributed by atoms with E-state index < -0.39 is 0 Å². The highest BCUT2D eigenvalue weighted by atomic mass is 14.9. The van der Waals surface area contributed by atoms with Crippen molar-refractivity contribution in [2.75, 3.05) is 0 Å². The van der Waals surface area contributed by atoms with Gasteiger partial charge in [-0.15, -0.1) is 0 Å². The van der Waals surface area contributed by atoms with Crippen LogP contribution in [0.2, 0.25) is 0 Å². The molecule has 1 nitrogen and oxygen atoms in total. The largest absolute Gasteiger partial charge is 0.312 e. The lowest BCUT2D eigenvalue weighted by Gasteiger charge is -2.27. The Hall–Kier alpha value is -0.0400. The minimum Gasteiger partial charge on any atom is -0.312 e. The first-order valence-corrected chi connectivity index (χ1v) is 5.97. The highest BCUT2D eigenvalue weighted by Gasteiger charge is 2.16. The molecular formula is C13H29N. The molecule has 0 spiro atoms. The summed E-state index contributed by atoms with van der Waals surface area (Å²) in [6.07, 6.45) is 2.52. The first kappa shape index (κ1) is 14.0. The molecule has 0 saturated heterocycles. The van der Waals surface area contributed by atoms with E-state index in [2.05, 4.69) is 53.8 Å². The summed E-state index contributed by atoms with van der Waals surface area (Å²) in [5.41, 5.74) is 0.434. The van der Waals surface area contributed by atoms with Crippen LogP contribution in [0.5, 0.6) is 0 Å². The quantitative estimate of drug-likeness (QED) is 0.709. The van der Waals surface area contributed by atoms with Gasteiger partial charge in [-0.2, -0.15) is 0 Å². The summed E-state index contributed by atoms with van der Waals surface area (Å²) in [6, 6.07) is 1.27. The minimum absolute atomic E-state index is 0.434. The molecule has 2 atom stereocenters. The Labute approximate surface area is 90.7 Å². The lowest BCUT2D eigenvalue weighted by Crippen LogP contribution is -2.37. The Morgan fingerprint density at radius 3 is 1.79 bits per heavy atom. The Kier molecular flexibility index (Phi) is 5.73. The van der Waals surface area contributed by atoms with Gasteiger partial charge in [-0.1, -0.05) is 34.6 Å². The van der Waals surface area contributed by atoms with Crippen LogP contribution in [0.25, 0.3) is 0 Å². The van der Waals surface area contributed by atoms with Gasteiger partial charge in [0.05, 0.1) is 0 Å². The van der Waals surface area contributed by atoms with E-state index in [0.717, 1.165) is 5.92 Å². The monoisotopic (exact) mass is 199 g/mol. The number of hydrogen-bond acceptors (Lipinski definition) is 1. The second-order valence-corrected chi connectivity index (χ2v) is 6.36. The van der Waals surface area contributed by atoms with Crippen LogP contribution in [-0.4, -0.2) is 12.1 Å². The van der Waals surface area contributed by atoms with E-state index in [1.54, 1.807) is 0 Å². The van der Waals surface area contributed by atoms with Crippen molar-refractivity contribution in [1.82, 2.24) is 5.32 Å². The van der Waals surface area contributed by atoms with Gasteiger partial charge in [-0.25, -0.2) is 0 Å². The highest BCUT2D eigenvalue weighted by molar-refractivity contribution is 4.74. The lowest BCUT2D eigenvalue weighted by molar-refractivity contribution is 0.294. The topological polar surface area (TPSA) is 12.0 Å². The van der Waals surface area contributed by atoms with Gasteiger partial charge in [-0.05, 0) is 38.0 Å². The van der Waals surface area contributed by atoms with Crippen molar-refractivity contribution in [3.63, 3.8) is 0 Å². The summed E-state index contributed by atoms with van der Waals surface area (Å²) in [5.74, 6) is 0.791. The van der Waals surface area contributed by atoms with Crippen molar-refractivity contribution >= 4 is 0 Å². The molecule has 14 heavy (non-hydrogen) atoms. The molecule has 0 saturated carbocycles. The third-order valence-electron chi connectivity index (χ3n) is 2.31. The normalized spacial score (nSPS) is 17.1. The third-order valence-corrected chi connectivity index (χ3v) is 2.31. The average Bonchev–Trinajstić information content (AvgIpc) is 1.77. The summed E-state index contributed by atoms with van der Waals surface area (Å²) in [7, 11) is 0. The zero-order valence-electron chi connectivity index (χ0n) is 11.1. The summed E-state index contributed by atoms with van der Waals surface area (Å²) >= 11 is 0. The maximum atomic E-state index is 3.67. The molecule has 0 rings (SSSR count). The molecule has 0 aliphatic heterocycles. The maximum absolute atomic E-state index is 3.67. The van der Waals surface area contributed by atoms with E-state index >= 15 is 0 Å². The van der Waals surface area contributed by atoms with Gasteiger partial charge in [0.1, 0.15) is 0 Å². The highest BCUT2D eigenvalue weighted by Crippen LogP contribution is 2.21. The van der Waals surface area contributed by atoms with Crippen LogP contribution < -0.4 is 5.32 Å². The van der Waals surface area contributed by atoms with E-state index in [4.69, 9.17) is 0 Å². The van der Waals surface area contributed by atoms with Crippen molar-refractivity contribution in [3.8, 4) is 0 Å². The van der Waals surface area contributed by atoms with Crippen LogP contribution in [0, 0.1) is 11.3 Å². The fraction of sp³-hybridized carbons (Fsp3) is 1.00. The van der Waals surface area contributed by atoms with Crippen molar-refractivity contribution < 1.29 is 0 Å². The summed E-state index contributed by atoms with van der Waals surface area (Å²) < 4.78 is 0. The third kappa shape index (κ3) is 8.55. The summed E-state index contributed by atoms with van der Waals surface area (Å²) in [6.45, 7) is 16.1. The average molecular weight is 199 g/mol. The van der Waals surface area contributed by atoms with Crippen LogP contribution >= 0.6 is 0 Å². The molecule has 0 aromatic heterocycles. The van der Waals surface area contributed by atoms with Crippen LogP contribution in [-0.2, 0) is 0 Å². The first-order chi connectivity index (χ1) is 6.20. The predicted molar refractivity (Wildman–Crippen MR) is 65.6 cm³/mol. The van der Waals surface area contributed by atoms with Crippen molar-refractivity contribution in [1.29, 1.82) is 0 Å². The molecule has 0 aromatic rings. The Morgan fingerprint density at radius 2 is 1.43 bits per heavy atom. The van der Waals surface area contributed by atoms with Crippen LogP contribution in [0.1, 0.15) is 61.3 Å². The Balaban J connectivity index is 3.76. The molecule has 0 amide bonds. The molecule has 0 aliphatic carbocycles. The molecule has 2 unspecified atom stereocenters. The molecule has 0 radical (unpaired) electrons. The van der Waals surface area contributed by atoms with E-state index in [1.165, 1.54) is 12.8 Å². The van der Waals surface area contributed by atoms with Crippen molar-refractivity contribution in [2.24, 2.45) is 11.3 Å². The number of rotatable bonds is 5. The minimum atomic E-state index is 0.434. The van der Waals surface area contributed by atoms with Gasteiger partial charge in [0, 0.05) is 12.1 Å². The molecule has 0 bridgehead atoms. The van der Waals surface area contributed by atoms with Crippen LogP contribution in [0.4, 0.5) is 0 Å². The second kappa shape index (κ2) is 5.75. The number of nitrogens with one attached hydrogen (secondary N) is 1. The fourth-order valence-electron chi connectivity index (χ4n) is 2.24.